The number of thiocarbonyl (C=S) groups is 1. The number of ether oxygens (including phenoxy) is 1. The largest absolute Gasteiger partial charge is 0.494 e. The summed E-state index contributed by atoms with van der Waals surface area (Å²) in [6.07, 6.45) is 6.16. The summed E-state index contributed by atoms with van der Waals surface area (Å²) in [5.74, 6) is 0.852. The van der Waals surface area contributed by atoms with E-state index in [0.29, 0.717) is 24.6 Å². The van der Waals surface area contributed by atoms with E-state index in [0.717, 1.165) is 16.9 Å². The Morgan fingerprint density at radius 3 is 2.52 bits per heavy atom. The number of hydrogen-bond acceptors (Lipinski definition) is 3. The minimum atomic E-state index is -0.0601. The summed E-state index contributed by atoms with van der Waals surface area (Å²) in [5.41, 5.74) is 7.30. The van der Waals surface area contributed by atoms with Gasteiger partial charge in [-0.25, -0.2) is 0 Å². The monoisotopic (exact) mass is 328 g/mol. The molecule has 0 atom stereocenters. The third-order valence-corrected chi connectivity index (χ3v) is 3.48. The standard InChI is InChI=1S/C18H20N2O2S/c1-2-22-16-7-5-14(6-8-16)3-4-15-9-11-20(18(21)13-15)12-10-17(19)23/h3-9,11,13H,2,10,12H2,1H3,(H2,19,23)/b4-3+. The van der Waals surface area contributed by atoms with Gasteiger partial charge in [0.05, 0.1) is 11.6 Å². The van der Waals surface area contributed by atoms with Crippen LogP contribution in [0.25, 0.3) is 12.2 Å². The van der Waals surface area contributed by atoms with E-state index in [1.165, 1.54) is 0 Å². The summed E-state index contributed by atoms with van der Waals surface area (Å²) in [4.78, 5) is 12.4. The first-order chi connectivity index (χ1) is 11.1. The predicted molar refractivity (Wildman–Crippen MR) is 98.6 cm³/mol. The zero-order chi connectivity index (χ0) is 16.7. The van der Waals surface area contributed by atoms with Crippen molar-refractivity contribution in [3.05, 3.63) is 64.1 Å². The fraction of sp³-hybridized carbons (Fsp3) is 0.222. The molecule has 2 aromatic rings. The summed E-state index contributed by atoms with van der Waals surface area (Å²) >= 11 is 4.83. The van der Waals surface area contributed by atoms with Crippen molar-refractivity contribution < 1.29 is 4.74 Å². The Morgan fingerprint density at radius 1 is 1.22 bits per heavy atom. The van der Waals surface area contributed by atoms with Gasteiger partial charge in [-0.2, -0.15) is 0 Å². The number of aryl methyl sites for hydroxylation is 1. The van der Waals surface area contributed by atoms with Gasteiger partial charge in [0.15, 0.2) is 0 Å². The maximum atomic E-state index is 12.0. The Labute approximate surface area is 141 Å². The van der Waals surface area contributed by atoms with Crippen LogP contribution in [0.2, 0.25) is 0 Å². The molecule has 4 nitrogen and oxygen atoms in total. The van der Waals surface area contributed by atoms with E-state index in [1.54, 1.807) is 16.8 Å². The van der Waals surface area contributed by atoms with Crippen molar-refractivity contribution in [1.29, 1.82) is 0 Å². The molecule has 0 unspecified atom stereocenters. The lowest BCUT2D eigenvalue weighted by atomic mass is 10.1. The van der Waals surface area contributed by atoms with Gasteiger partial charge >= 0.3 is 0 Å². The van der Waals surface area contributed by atoms with E-state index in [2.05, 4.69) is 0 Å². The SMILES string of the molecule is CCOc1ccc(/C=C/c2ccn(CCC(N)=S)c(=O)c2)cc1. The predicted octanol–water partition coefficient (Wildman–Crippen LogP) is 3.09. The smallest absolute Gasteiger partial charge is 0.251 e. The second-order valence-corrected chi connectivity index (χ2v) is 5.57. The van der Waals surface area contributed by atoms with Gasteiger partial charge in [0.25, 0.3) is 5.56 Å². The maximum absolute atomic E-state index is 12.0. The first kappa shape index (κ1) is 17.0. The highest BCUT2D eigenvalue weighted by molar-refractivity contribution is 7.80. The number of nitrogens with two attached hydrogens (primary N) is 1. The second-order valence-electron chi connectivity index (χ2n) is 5.04. The van der Waals surface area contributed by atoms with Gasteiger partial charge < -0.3 is 15.0 Å². The maximum Gasteiger partial charge on any atom is 0.251 e. The average Bonchev–Trinajstić information content (AvgIpc) is 2.53. The van der Waals surface area contributed by atoms with Crippen molar-refractivity contribution in [2.75, 3.05) is 6.61 Å². The van der Waals surface area contributed by atoms with E-state index in [4.69, 9.17) is 22.7 Å². The molecule has 0 saturated carbocycles. The van der Waals surface area contributed by atoms with Gasteiger partial charge in [0.1, 0.15) is 5.75 Å². The van der Waals surface area contributed by atoms with Crippen LogP contribution in [0.15, 0.2) is 47.4 Å². The van der Waals surface area contributed by atoms with Crippen LogP contribution in [0.5, 0.6) is 5.75 Å². The lowest BCUT2D eigenvalue weighted by molar-refractivity contribution is 0.340. The Bertz CT molecular complexity index is 748. The number of pyridine rings is 1. The second kappa shape index (κ2) is 8.29. The Balaban J connectivity index is 2.06. The van der Waals surface area contributed by atoms with Crippen LogP contribution in [0.3, 0.4) is 0 Å². The number of rotatable bonds is 7. The summed E-state index contributed by atoms with van der Waals surface area (Å²) in [5, 5.41) is 0. The first-order valence-corrected chi connectivity index (χ1v) is 7.89. The van der Waals surface area contributed by atoms with Crippen molar-refractivity contribution in [3.8, 4) is 5.75 Å². The molecule has 23 heavy (non-hydrogen) atoms. The van der Waals surface area contributed by atoms with Crippen molar-refractivity contribution in [1.82, 2.24) is 4.57 Å². The quantitative estimate of drug-likeness (QED) is 0.794. The molecule has 2 N–H and O–H groups in total. The van der Waals surface area contributed by atoms with E-state index in [1.807, 2.05) is 49.4 Å². The summed E-state index contributed by atoms with van der Waals surface area (Å²) < 4.78 is 7.01. The summed E-state index contributed by atoms with van der Waals surface area (Å²) in [7, 11) is 0. The topological polar surface area (TPSA) is 57.2 Å². The molecule has 120 valence electrons. The van der Waals surface area contributed by atoms with E-state index in [-0.39, 0.29) is 5.56 Å². The van der Waals surface area contributed by atoms with Gasteiger partial charge in [0, 0.05) is 25.2 Å². The van der Waals surface area contributed by atoms with Crippen molar-refractivity contribution in [3.63, 3.8) is 0 Å². The molecule has 0 aliphatic heterocycles. The van der Waals surface area contributed by atoms with Crippen molar-refractivity contribution >= 4 is 29.4 Å². The van der Waals surface area contributed by atoms with Crippen LogP contribution in [0.4, 0.5) is 0 Å². The van der Waals surface area contributed by atoms with Crippen LogP contribution in [-0.4, -0.2) is 16.2 Å². The molecule has 2 rings (SSSR count). The van der Waals surface area contributed by atoms with Crippen LogP contribution in [0, 0.1) is 0 Å². The molecule has 0 fully saturated rings. The fourth-order valence-corrected chi connectivity index (χ4v) is 2.17. The third-order valence-electron chi connectivity index (χ3n) is 3.28. The zero-order valence-corrected chi connectivity index (χ0v) is 13.9. The fourth-order valence-electron chi connectivity index (χ4n) is 2.08. The molecular formula is C18H20N2O2S. The highest BCUT2D eigenvalue weighted by Crippen LogP contribution is 2.14. The number of hydrogen-bond donors (Lipinski definition) is 1. The molecule has 1 aromatic carbocycles. The van der Waals surface area contributed by atoms with Gasteiger partial charge in [-0.15, -0.1) is 0 Å². The first-order valence-electron chi connectivity index (χ1n) is 7.48. The minimum absolute atomic E-state index is 0.0601. The molecule has 0 aliphatic carbocycles. The third kappa shape index (κ3) is 5.38. The van der Waals surface area contributed by atoms with Crippen LogP contribution in [-0.2, 0) is 6.54 Å². The van der Waals surface area contributed by atoms with E-state index in [9.17, 15) is 4.79 Å². The van der Waals surface area contributed by atoms with Crippen LogP contribution < -0.4 is 16.0 Å². The van der Waals surface area contributed by atoms with Crippen molar-refractivity contribution in [2.45, 2.75) is 19.9 Å². The molecule has 0 radical (unpaired) electrons. The van der Waals surface area contributed by atoms with Gasteiger partial charge in [0.2, 0.25) is 0 Å². The van der Waals surface area contributed by atoms with Gasteiger partial charge in [-0.3, -0.25) is 4.79 Å². The Morgan fingerprint density at radius 2 is 1.91 bits per heavy atom. The Kier molecular flexibility index (Phi) is 6.11. The van der Waals surface area contributed by atoms with E-state index >= 15 is 0 Å². The highest BCUT2D eigenvalue weighted by atomic mass is 32.1. The van der Waals surface area contributed by atoms with Gasteiger partial charge in [-0.1, -0.05) is 36.5 Å². The molecular weight excluding hydrogens is 308 g/mol. The number of benzene rings is 1. The number of aromatic nitrogens is 1. The molecule has 0 bridgehead atoms. The van der Waals surface area contributed by atoms with E-state index < -0.39 is 0 Å². The molecule has 0 amide bonds. The lowest BCUT2D eigenvalue weighted by Crippen LogP contribution is -2.21. The molecule has 0 aliphatic rings. The molecule has 5 heteroatoms. The zero-order valence-electron chi connectivity index (χ0n) is 13.1. The average molecular weight is 328 g/mol. The molecule has 0 saturated heterocycles. The normalized spacial score (nSPS) is 10.8. The highest BCUT2D eigenvalue weighted by Gasteiger charge is 1.98. The Hall–Kier alpha value is -2.40. The minimum Gasteiger partial charge on any atom is -0.494 e. The van der Waals surface area contributed by atoms with Crippen LogP contribution >= 0.6 is 12.2 Å². The van der Waals surface area contributed by atoms with Gasteiger partial charge in [-0.05, 0) is 36.2 Å². The molecule has 1 aromatic heterocycles. The van der Waals surface area contributed by atoms with Crippen molar-refractivity contribution in [2.24, 2.45) is 5.73 Å². The summed E-state index contributed by atoms with van der Waals surface area (Å²) in [6, 6.07) is 11.3. The molecule has 0 spiro atoms. The van der Waals surface area contributed by atoms with Crippen LogP contribution in [0.1, 0.15) is 24.5 Å². The summed E-state index contributed by atoms with van der Waals surface area (Å²) in [6.45, 7) is 3.12. The lowest BCUT2D eigenvalue weighted by Gasteiger charge is -2.05. The number of nitrogens with zero attached hydrogens (tertiary/aromatic N) is 1. The molecule has 1 heterocycles.